The van der Waals surface area contributed by atoms with Gasteiger partial charge in [-0.15, -0.1) is 0 Å². The Morgan fingerprint density at radius 1 is 0.195 bits per heavy atom. The van der Waals surface area contributed by atoms with Crippen LogP contribution in [-0.2, 0) is 52.1 Å². The molecule has 0 bridgehead atoms. The predicted molar refractivity (Wildman–Crippen MR) is 590 cm³/mol. The Kier molecular flexibility index (Phi) is 41.9. The van der Waals surface area contributed by atoms with Crippen LogP contribution in [0.2, 0.25) is 0 Å². The van der Waals surface area contributed by atoms with Crippen molar-refractivity contribution in [2.24, 2.45) is 70.4 Å². The topological polar surface area (TPSA) is 150 Å². The van der Waals surface area contributed by atoms with Crippen molar-refractivity contribution in [1.82, 2.24) is 73.5 Å². The van der Waals surface area contributed by atoms with Gasteiger partial charge in [0.2, 0.25) is 5.92 Å². The van der Waals surface area contributed by atoms with Crippen molar-refractivity contribution < 1.29 is 69.7 Å². The lowest BCUT2D eigenvalue weighted by Gasteiger charge is -2.57. The van der Waals surface area contributed by atoms with E-state index in [0.717, 1.165) is 156 Å². The summed E-state index contributed by atoms with van der Waals surface area (Å²) in [6.07, 6.45) is 47.1. The van der Waals surface area contributed by atoms with E-state index in [4.69, 9.17) is 52.1 Å². The Hall–Kier alpha value is -1.32. The van der Waals surface area contributed by atoms with E-state index in [-0.39, 0.29) is 35.9 Å². The van der Waals surface area contributed by atoms with Crippen LogP contribution in [0.5, 0.6) is 0 Å². The molecular weight excluding hydrogens is 1890 g/mol. The summed E-state index contributed by atoms with van der Waals surface area (Å²) in [5.41, 5.74) is 7.24. The number of rotatable bonds is 1. The molecule has 4 unspecified atom stereocenters. The van der Waals surface area contributed by atoms with Gasteiger partial charge in [0, 0.05) is 313 Å². The van der Waals surface area contributed by atoms with Gasteiger partial charge in [-0.1, -0.05) is 25.7 Å². The van der Waals surface area contributed by atoms with Crippen LogP contribution in [0.15, 0.2) is 0 Å². The van der Waals surface area contributed by atoms with Crippen molar-refractivity contribution in [2.75, 3.05) is 428 Å². The molecule has 149 heavy (non-hydrogen) atoms. The maximum atomic E-state index is 12.4. The zero-order valence-electron chi connectivity index (χ0n) is 97.9. The van der Waals surface area contributed by atoms with Gasteiger partial charge in [0.05, 0.1) is 62.4 Å². The molecule has 25 saturated heterocycles. The van der Waals surface area contributed by atoms with Crippen molar-refractivity contribution in [2.45, 2.75) is 267 Å². The molecule has 5 aliphatic carbocycles. The molecule has 0 radical (unpaired) electrons. The summed E-state index contributed by atoms with van der Waals surface area (Å²) < 4.78 is 109. The third-order valence-electron chi connectivity index (χ3n) is 41.5. The maximum absolute atomic E-state index is 12.4. The molecule has 30 rings (SSSR count). The molecule has 0 aromatic rings. The van der Waals surface area contributed by atoms with E-state index in [9.17, 15) is 17.6 Å². The van der Waals surface area contributed by atoms with Crippen LogP contribution in [-0.4, -0.2) is 531 Å². The number of methoxy groups -OCH3 is 1. The average molecular weight is 2110 g/mol. The summed E-state index contributed by atoms with van der Waals surface area (Å²) in [5.74, 6) is -4.65. The van der Waals surface area contributed by atoms with Gasteiger partial charge in [0.25, 0.3) is 5.92 Å². The largest absolute Gasteiger partial charge is 0.381 e. The highest BCUT2D eigenvalue weighted by Gasteiger charge is 2.75. The number of halogens is 4. The highest BCUT2D eigenvalue weighted by Crippen LogP contribution is 2.65. The van der Waals surface area contributed by atoms with Crippen molar-refractivity contribution in [3.63, 3.8) is 0 Å². The van der Waals surface area contributed by atoms with Crippen LogP contribution in [0.4, 0.5) is 17.6 Å². The van der Waals surface area contributed by atoms with Gasteiger partial charge in [-0.05, 0) is 353 Å². The minimum atomic E-state index is -2.33. The Morgan fingerprint density at radius 3 is 0.779 bits per heavy atom. The van der Waals surface area contributed by atoms with Crippen LogP contribution in [0, 0.1) is 70.4 Å². The second-order valence-electron chi connectivity index (χ2n) is 57.2. The standard InChI is InChI=1S/C10H19NO.3C9H17NO.C9H17N.5C8H15NO.C7H11F2N.C7H13NO.C7H13N.C6H9F2N.C6H11NO/c1-11-6-2-10(3-7-11)4-8-12-9-5-10;1-10-5-2-9(8-10)3-6-11-7-4-9;1-10-5-4-9(7-10)3-2-6-11-8-9;1-10-6-5-9(8-10)4-2-3-7-11-9;1-10-7-9(8-10)5-3-2-4-6-9;1-9-5-8(6-9)3-7(4-8)10-2;1-9-6-8(7-9)2-4-10-5-3-8;1-9-4-2-8(6-9)3-5-10-7-8;1-9-5-4-8(7-9)3-2-6-10-8;1-9-5-8(6-9)3-2-4-10-7-8;1-10-4-6(5-10)2-7(8,9)3-6;1-8-4-7(5-8)2-3-9-6-7;1-8-5-7(6-8)3-2-4-7;1-9-3-5(4-9)2-6(5,7)8;1-7-2-6(3-7)4-8-5-6/h2-9H2,1H3;3*2-8H2,1H3;2-8H2,1H3;7H,3-6H2,1-2H3;4*2-7H2,1H3;2-5H2,1H3;2-6H2,1H3;2-6H2,1H3;2-4H2,1H3;2-5H2,1H3. The van der Waals surface area contributed by atoms with Crippen molar-refractivity contribution in [3.05, 3.63) is 0 Å². The molecule has 0 aromatic carbocycles. The molecule has 0 aromatic heterocycles. The quantitative estimate of drug-likeness (QED) is 0.229. The van der Waals surface area contributed by atoms with Gasteiger partial charge in [0.1, 0.15) is 0 Å². The van der Waals surface area contributed by atoms with Crippen molar-refractivity contribution in [1.29, 1.82) is 0 Å². The molecule has 0 N–H and O–H groups in total. The molecule has 5 saturated carbocycles. The second-order valence-corrected chi connectivity index (χ2v) is 57.2. The van der Waals surface area contributed by atoms with Gasteiger partial charge in [-0.25, -0.2) is 17.6 Å². The highest BCUT2D eigenvalue weighted by atomic mass is 19.3. The van der Waals surface area contributed by atoms with E-state index >= 15 is 0 Å². The van der Waals surface area contributed by atoms with E-state index in [2.05, 4.69) is 160 Å². The van der Waals surface area contributed by atoms with Crippen LogP contribution in [0.1, 0.15) is 238 Å². The van der Waals surface area contributed by atoms with Crippen LogP contribution >= 0.6 is 0 Å². The van der Waals surface area contributed by atoms with Crippen molar-refractivity contribution in [3.8, 4) is 0 Å². The van der Waals surface area contributed by atoms with Crippen molar-refractivity contribution >= 4 is 0 Å². The van der Waals surface area contributed by atoms with Gasteiger partial charge in [0.15, 0.2) is 0 Å². The summed E-state index contributed by atoms with van der Waals surface area (Å²) in [6.45, 7) is 54.2. The first-order valence-electron chi connectivity index (χ1n) is 60.5. The highest BCUT2D eigenvalue weighted by molar-refractivity contribution is 5.18. The lowest BCUT2D eigenvalue weighted by atomic mass is 9.61. The monoisotopic (exact) mass is 2110 g/mol. The molecule has 0 amide bonds. The van der Waals surface area contributed by atoms with E-state index in [1.54, 1.807) is 0 Å². The summed E-state index contributed by atoms with van der Waals surface area (Å²) in [5, 5.41) is 0. The predicted octanol–water partition coefficient (Wildman–Crippen LogP) is 14.4. The number of likely N-dealkylation sites (tertiary alicyclic amines) is 15. The first-order chi connectivity index (χ1) is 71.0. The van der Waals surface area contributed by atoms with Crippen LogP contribution in [0.3, 0.4) is 0 Å². The number of piperidine rings is 1. The lowest BCUT2D eigenvalue weighted by Crippen LogP contribution is -2.64. The number of likely N-dealkylation sites (N-methyl/N-ethyl adjacent to an activating group) is 2. The second kappa shape index (κ2) is 52.0. The SMILES string of the molecule is CN1CC2(C1)CC(F)(F)C2.CN1CC2(C1)CC2(F)F.CN1CC2(CCC2)C1.CN1CC2(CCCCC2)C1.CN1CC2(CCCOC2)C1.CN1CC2(CCOC2)C1.CN1CC2(CCOCC2)C1.CN1CC2(COC2)C1.CN1CCC2(CCCCO2)C1.CN1CCC2(CCCO2)C1.CN1CCC2(CCCOC2)C1.CN1CCC2(CCOC2)C1.CN1CCC2(CCOCC2)C1.CN1CCC2(CCOCC2)CC1.COC1CC2(C1)CN(C)C2. The lowest BCUT2D eigenvalue weighted by molar-refractivity contribution is -0.208. The van der Waals surface area contributed by atoms with E-state index in [1.165, 1.54) is 375 Å². The van der Waals surface area contributed by atoms with Crippen LogP contribution < -0.4 is 0 Å². The van der Waals surface area contributed by atoms with Crippen LogP contribution in [0.25, 0.3) is 0 Å². The van der Waals surface area contributed by atoms with Gasteiger partial charge in [-0.2, -0.15) is 0 Å². The molecule has 15 spiro atoms. The minimum Gasteiger partial charge on any atom is -0.381 e. The first kappa shape index (κ1) is 120. The number of ether oxygens (including phenoxy) is 11. The molecule has 4 atom stereocenters. The smallest absolute Gasteiger partial charge is 0.257 e. The number of nitrogens with zero attached hydrogens (tertiary/aromatic N) is 15. The molecule has 25 aliphatic heterocycles. The van der Waals surface area contributed by atoms with Gasteiger partial charge >= 0.3 is 0 Å². The summed E-state index contributed by atoms with van der Waals surface area (Å²) in [7, 11) is 34.2. The minimum absolute atomic E-state index is 0.0260. The Balaban J connectivity index is 0.000000114. The summed E-state index contributed by atoms with van der Waals surface area (Å²) >= 11 is 0. The van der Waals surface area contributed by atoms with Gasteiger partial charge in [-0.3, -0.25) is 0 Å². The van der Waals surface area contributed by atoms with E-state index in [0.29, 0.717) is 67.9 Å². The number of alkyl halides is 4. The number of hydrogen-bond acceptors (Lipinski definition) is 26. The molecule has 30 aliphatic rings. The summed E-state index contributed by atoms with van der Waals surface area (Å²) in [4.78, 5) is 35.2. The molecular formula is C119H219F4N15O11. The molecule has 30 heteroatoms. The fraction of sp³-hybridized carbons (Fsp3) is 1.00. The fourth-order valence-corrected chi connectivity index (χ4v) is 33.2. The number of hydrogen-bond donors (Lipinski definition) is 0. The van der Waals surface area contributed by atoms with E-state index < -0.39 is 17.3 Å². The normalized spacial score (nSPS) is 35.5. The van der Waals surface area contributed by atoms with E-state index in [1.807, 2.05) is 26.1 Å². The molecule has 864 valence electrons. The first-order valence-corrected chi connectivity index (χ1v) is 60.5. The molecule has 30 fully saturated rings. The molecule has 26 nitrogen and oxygen atoms in total. The Bertz CT molecular complexity index is 3580. The fourth-order valence-electron chi connectivity index (χ4n) is 33.2. The zero-order valence-corrected chi connectivity index (χ0v) is 97.9. The maximum Gasteiger partial charge on any atom is 0.257 e. The third-order valence-corrected chi connectivity index (χ3v) is 41.5. The third kappa shape index (κ3) is 32.9. The van der Waals surface area contributed by atoms with Gasteiger partial charge < -0.3 is 126 Å². The Morgan fingerprint density at radius 2 is 0.470 bits per heavy atom. The Labute approximate surface area is 903 Å². The average Bonchev–Trinajstić information content (AvgIpc) is 1.51. The summed E-state index contributed by atoms with van der Waals surface area (Å²) in [6, 6.07) is 0. The molecule has 25 heterocycles. The zero-order chi connectivity index (χ0) is 106.